The maximum absolute atomic E-state index is 11.7. The molecule has 2 heterocycles. The minimum Gasteiger partial charge on any atom is -0.385 e. The number of nitrogens with zero attached hydrogens (tertiary/aromatic N) is 2. The number of likely N-dealkylation sites (tertiary alicyclic amines) is 2. The van der Waals surface area contributed by atoms with Crippen molar-refractivity contribution in [3.8, 4) is 0 Å². The van der Waals surface area contributed by atoms with Gasteiger partial charge in [0.05, 0.1) is 5.60 Å². The zero-order chi connectivity index (χ0) is 18.3. The zero-order valence-corrected chi connectivity index (χ0v) is 16.8. The number of hydrogen-bond donors (Lipinski definition) is 1. The minimum absolute atomic E-state index is 0.438. The molecule has 3 nitrogen and oxygen atoms in total. The molecule has 1 N–H and O–H groups in total. The SMILES string of the molecule is OC1(c2ccc(CCN3CCCC3)cc2)CCC2CN(C3CCCC3)CC21. The fourth-order valence-corrected chi connectivity index (χ4v) is 6.51. The Kier molecular flexibility index (Phi) is 5.04. The first-order valence-corrected chi connectivity index (χ1v) is 11.5. The standard InChI is InChI=1S/C24H36N2O/c27-24(13-11-20-17-26(18-23(20)24)22-5-1-2-6-22)21-9-7-19(8-10-21)12-16-25-14-3-4-15-25/h7-10,20,22-23,27H,1-6,11-18H2. The first-order chi connectivity index (χ1) is 13.2. The summed E-state index contributed by atoms with van der Waals surface area (Å²) in [5.74, 6) is 1.14. The molecule has 0 amide bonds. The Morgan fingerprint density at radius 3 is 2.41 bits per heavy atom. The monoisotopic (exact) mass is 368 g/mol. The van der Waals surface area contributed by atoms with E-state index < -0.39 is 5.60 Å². The highest BCUT2D eigenvalue weighted by molar-refractivity contribution is 5.30. The molecule has 4 aliphatic rings. The molecule has 0 spiro atoms. The van der Waals surface area contributed by atoms with Crippen molar-refractivity contribution in [2.24, 2.45) is 11.8 Å². The third-order valence-electron chi connectivity index (χ3n) is 8.19. The molecule has 3 heteroatoms. The first kappa shape index (κ1) is 18.1. The Morgan fingerprint density at radius 2 is 1.67 bits per heavy atom. The van der Waals surface area contributed by atoms with E-state index in [9.17, 15) is 5.11 Å². The van der Waals surface area contributed by atoms with Crippen LogP contribution >= 0.6 is 0 Å². The largest absolute Gasteiger partial charge is 0.385 e. The molecule has 0 radical (unpaired) electrons. The van der Waals surface area contributed by atoms with Gasteiger partial charge in [0.2, 0.25) is 0 Å². The first-order valence-electron chi connectivity index (χ1n) is 11.5. The van der Waals surface area contributed by atoms with Crippen molar-refractivity contribution in [3.05, 3.63) is 35.4 Å². The lowest BCUT2D eigenvalue weighted by molar-refractivity contribution is -0.00820. The Bertz CT molecular complexity index is 632. The Labute approximate surface area is 164 Å². The predicted molar refractivity (Wildman–Crippen MR) is 110 cm³/mol. The van der Waals surface area contributed by atoms with Gasteiger partial charge in [-0.2, -0.15) is 0 Å². The van der Waals surface area contributed by atoms with E-state index in [1.54, 1.807) is 0 Å². The molecule has 1 aromatic carbocycles. The van der Waals surface area contributed by atoms with Gasteiger partial charge in [-0.3, -0.25) is 4.90 Å². The van der Waals surface area contributed by atoms with Gasteiger partial charge in [0, 0.05) is 31.6 Å². The van der Waals surface area contributed by atoms with E-state index in [1.807, 2.05) is 0 Å². The van der Waals surface area contributed by atoms with E-state index in [4.69, 9.17) is 0 Å². The second kappa shape index (κ2) is 7.50. The summed E-state index contributed by atoms with van der Waals surface area (Å²) in [7, 11) is 0. The van der Waals surface area contributed by atoms with Gasteiger partial charge < -0.3 is 10.0 Å². The summed E-state index contributed by atoms with van der Waals surface area (Å²) in [5, 5.41) is 11.7. The molecular formula is C24H36N2O. The van der Waals surface area contributed by atoms with Crippen molar-refractivity contribution >= 4 is 0 Å². The predicted octanol–water partition coefficient (Wildman–Crippen LogP) is 3.80. The summed E-state index contributed by atoms with van der Waals surface area (Å²) in [6, 6.07) is 9.83. The number of aliphatic hydroxyl groups is 1. The van der Waals surface area contributed by atoms with Crippen LogP contribution in [0.1, 0.15) is 62.5 Å². The Morgan fingerprint density at radius 1 is 0.926 bits per heavy atom. The summed E-state index contributed by atoms with van der Waals surface area (Å²) >= 11 is 0. The Hall–Kier alpha value is -0.900. The number of hydrogen-bond acceptors (Lipinski definition) is 3. The van der Waals surface area contributed by atoms with Crippen LogP contribution in [-0.4, -0.2) is 53.7 Å². The maximum atomic E-state index is 11.7. The molecule has 2 aliphatic heterocycles. The Balaban J connectivity index is 1.24. The van der Waals surface area contributed by atoms with E-state index in [1.165, 1.54) is 82.3 Å². The third-order valence-corrected chi connectivity index (χ3v) is 8.19. The quantitative estimate of drug-likeness (QED) is 0.856. The highest BCUT2D eigenvalue weighted by Gasteiger charge is 2.53. The topological polar surface area (TPSA) is 26.7 Å². The van der Waals surface area contributed by atoms with Crippen LogP contribution in [0.3, 0.4) is 0 Å². The summed E-state index contributed by atoms with van der Waals surface area (Å²) in [4.78, 5) is 5.30. The molecule has 4 fully saturated rings. The molecule has 148 valence electrons. The van der Waals surface area contributed by atoms with Crippen LogP contribution in [0.2, 0.25) is 0 Å². The lowest BCUT2D eigenvalue weighted by Gasteiger charge is -2.32. The van der Waals surface area contributed by atoms with Gasteiger partial charge in [0.25, 0.3) is 0 Å². The highest BCUT2D eigenvalue weighted by atomic mass is 16.3. The van der Waals surface area contributed by atoms with E-state index in [2.05, 4.69) is 34.1 Å². The minimum atomic E-state index is -0.592. The fraction of sp³-hybridized carbons (Fsp3) is 0.750. The lowest BCUT2D eigenvalue weighted by Crippen LogP contribution is -2.37. The normalized spacial score (nSPS) is 35.3. The van der Waals surface area contributed by atoms with Gasteiger partial charge in [0.1, 0.15) is 0 Å². The maximum Gasteiger partial charge on any atom is 0.0940 e. The van der Waals surface area contributed by atoms with Crippen molar-refractivity contribution < 1.29 is 5.11 Å². The molecule has 3 unspecified atom stereocenters. The van der Waals surface area contributed by atoms with E-state index in [0.29, 0.717) is 11.8 Å². The summed E-state index contributed by atoms with van der Waals surface area (Å²) in [6.45, 7) is 6.08. The zero-order valence-electron chi connectivity index (χ0n) is 16.8. The molecule has 27 heavy (non-hydrogen) atoms. The third kappa shape index (κ3) is 3.47. The van der Waals surface area contributed by atoms with Gasteiger partial charge in [0.15, 0.2) is 0 Å². The van der Waals surface area contributed by atoms with Crippen molar-refractivity contribution in [2.45, 2.75) is 69.4 Å². The summed E-state index contributed by atoms with van der Waals surface area (Å²) in [5.41, 5.74) is 2.00. The highest BCUT2D eigenvalue weighted by Crippen LogP contribution is 2.51. The second-order valence-corrected chi connectivity index (χ2v) is 9.72. The van der Waals surface area contributed by atoms with Crippen LogP contribution in [0.15, 0.2) is 24.3 Å². The molecule has 1 aromatic rings. The molecular weight excluding hydrogens is 332 g/mol. The number of fused-ring (bicyclic) bond motifs is 1. The fourth-order valence-electron chi connectivity index (χ4n) is 6.51. The van der Waals surface area contributed by atoms with Crippen molar-refractivity contribution in [1.29, 1.82) is 0 Å². The van der Waals surface area contributed by atoms with E-state index >= 15 is 0 Å². The van der Waals surface area contributed by atoms with Crippen molar-refractivity contribution in [2.75, 3.05) is 32.7 Å². The van der Waals surface area contributed by atoms with E-state index in [0.717, 1.165) is 25.4 Å². The van der Waals surface area contributed by atoms with Gasteiger partial charge in [-0.25, -0.2) is 0 Å². The summed E-state index contributed by atoms with van der Waals surface area (Å²) < 4.78 is 0. The average molecular weight is 369 g/mol. The van der Waals surface area contributed by atoms with Gasteiger partial charge in [-0.1, -0.05) is 37.1 Å². The average Bonchev–Trinajstić information content (AvgIpc) is 3.47. The molecule has 2 saturated heterocycles. The van der Waals surface area contributed by atoms with Crippen LogP contribution < -0.4 is 0 Å². The van der Waals surface area contributed by atoms with Gasteiger partial charge in [-0.05, 0) is 75.1 Å². The molecule has 5 rings (SSSR count). The van der Waals surface area contributed by atoms with Crippen molar-refractivity contribution in [3.63, 3.8) is 0 Å². The van der Waals surface area contributed by atoms with Crippen LogP contribution in [0.5, 0.6) is 0 Å². The lowest BCUT2D eigenvalue weighted by atomic mass is 9.82. The van der Waals surface area contributed by atoms with Crippen LogP contribution in [0.25, 0.3) is 0 Å². The smallest absolute Gasteiger partial charge is 0.0940 e. The second-order valence-electron chi connectivity index (χ2n) is 9.72. The molecule has 0 bridgehead atoms. The number of benzene rings is 1. The van der Waals surface area contributed by atoms with Crippen LogP contribution in [0.4, 0.5) is 0 Å². The number of rotatable bonds is 5. The molecule has 0 aromatic heterocycles. The molecule has 2 aliphatic carbocycles. The summed E-state index contributed by atoms with van der Waals surface area (Å²) in [6.07, 6.45) is 11.6. The molecule has 2 saturated carbocycles. The van der Waals surface area contributed by atoms with Gasteiger partial charge >= 0.3 is 0 Å². The van der Waals surface area contributed by atoms with Crippen molar-refractivity contribution in [1.82, 2.24) is 9.80 Å². The van der Waals surface area contributed by atoms with Gasteiger partial charge in [-0.15, -0.1) is 0 Å². The van der Waals surface area contributed by atoms with Crippen LogP contribution in [0, 0.1) is 11.8 Å². The van der Waals surface area contributed by atoms with E-state index in [-0.39, 0.29) is 0 Å². The molecule has 3 atom stereocenters. The van der Waals surface area contributed by atoms with Crippen LogP contribution in [-0.2, 0) is 12.0 Å².